The monoisotopic (exact) mass is 210 g/mol. The molecule has 2 rings (SSSR count). The molecule has 0 radical (unpaired) electrons. The first kappa shape index (κ1) is 9.02. The lowest BCUT2D eigenvalue weighted by molar-refractivity contribution is -0.125. The van der Waals surface area contributed by atoms with Gasteiger partial charge in [0, 0.05) is 5.56 Å². The molecule has 1 aromatic rings. The van der Waals surface area contributed by atoms with Crippen LogP contribution in [-0.2, 0) is 9.63 Å². The average Bonchev–Trinajstić information content (AvgIpc) is 2.18. The Balaban J connectivity index is 2.35. The van der Waals surface area contributed by atoms with Crippen LogP contribution >= 0.6 is 11.6 Å². The first-order valence-electron chi connectivity index (χ1n) is 4.02. The third-order valence-corrected chi connectivity index (χ3v) is 2.07. The Labute approximate surface area is 85.5 Å². The summed E-state index contributed by atoms with van der Waals surface area (Å²) in [5.74, 6) is 0.127. The van der Waals surface area contributed by atoms with E-state index in [4.69, 9.17) is 16.4 Å². The molecule has 5 heteroatoms. The Morgan fingerprint density at radius 1 is 1.43 bits per heavy atom. The van der Waals surface area contributed by atoms with Crippen LogP contribution in [0.15, 0.2) is 29.4 Å². The second-order valence-electron chi connectivity index (χ2n) is 2.74. The summed E-state index contributed by atoms with van der Waals surface area (Å²) in [5, 5.41) is 6.81. The highest BCUT2D eigenvalue weighted by Gasteiger charge is 2.16. The molecule has 1 aliphatic heterocycles. The van der Waals surface area contributed by atoms with Crippen molar-refractivity contribution in [3.05, 3.63) is 34.9 Å². The molecule has 4 nitrogen and oxygen atoms in total. The van der Waals surface area contributed by atoms with E-state index in [0.29, 0.717) is 16.4 Å². The third kappa shape index (κ3) is 1.70. The lowest BCUT2D eigenvalue weighted by atomic mass is 10.2. The zero-order chi connectivity index (χ0) is 9.97. The Bertz CT molecular complexity index is 404. The summed E-state index contributed by atoms with van der Waals surface area (Å²) in [6, 6.07) is 7.10. The first-order valence-corrected chi connectivity index (χ1v) is 4.40. The van der Waals surface area contributed by atoms with Crippen LogP contribution in [-0.4, -0.2) is 18.3 Å². The summed E-state index contributed by atoms with van der Waals surface area (Å²) in [5.41, 5.74) is 0.655. The lowest BCUT2D eigenvalue weighted by Gasteiger charge is -2.13. The van der Waals surface area contributed by atoms with E-state index in [1.807, 2.05) is 6.07 Å². The van der Waals surface area contributed by atoms with Crippen molar-refractivity contribution in [3.8, 4) is 0 Å². The maximum atomic E-state index is 11.0. The summed E-state index contributed by atoms with van der Waals surface area (Å²) in [6.07, 6.45) is 0. The average molecular weight is 211 g/mol. The molecular weight excluding hydrogens is 204 g/mol. The van der Waals surface area contributed by atoms with Crippen molar-refractivity contribution in [2.75, 3.05) is 6.61 Å². The van der Waals surface area contributed by atoms with Gasteiger partial charge in [-0.05, 0) is 12.1 Å². The molecule has 0 atom stereocenters. The number of halogens is 1. The van der Waals surface area contributed by atoms with Gasteiger partial charge < -0.3 is 10.2 Å². The maximum absolute atomic E-state index is 11.0. The minimum absolute atomic E-state index is 0.0477. The van der Waals surface area contributed by atoms with Crippen molar-refractivity contribution in [1.29, 1.82) is 0 Å². The molecule has 1 heterocycles. The largest absolute Gasteiger partial charge is 0.384 e. The zero-order valence-electron chi connectivity index (χ0n) is 7.16. The van der Waals surface area contributed by atoms with E-state index >= 15 is 0 Å². The van der Waals surface area contributed by atoms with Crippen LogP contribution in [0, 0.1) is 0 Å². The first-order chi connectivity index (χ1) is 6.77. The topological polar surface area (TPSA) is 50.7 Å². The highest BCUT2D eigenvalue weighted by molar-refractivity contribution is 6.34. The van der Waals surface area contributed by atoms with Gasteiger partial charge in [-0.15, -0.1) is 0 Å². The molecule has 1 amide bonds. The van der Waals surface area contributed by atoms with Crippen LogP contribution in [0.25, 0.3) is 0 Å². The Morgan fingerprint density at radius 3 is 2.93 bits per heavy atom. The molecule has 0 fully saturated rings. The second-order valence-corrected chi connectivity index (χ2v) is 3.15. The molecular formula is C9H7ClN2O2. The number of carbonyl (C=O) groups is 1. The molecule has 0 saturated carbocycles. The van der Waals surface area contributed by atoms with Crippen molar-refractivity contribution in [2.45, 2.75) is 0 Å². The van der Waals surface area contributed by atoms with Crippen molar-refractivity contribution in [2.24, 2.45) is 5.16 Å². The minimum atomic E-state index is -0.227. The molecule has 1 aromatic carbocycles. The Hall–Kier alpha value is -1.55. The summed E-state index contributed by atoms with van der Waals surface area (Å²) < 4.78 is 0. The zero-order valence-corrected chi connectivity index (χ0v) is 7.91. The van der Waals surface area contributed by atoms with Crippen LogP contribution < -0.4 is 5.32 Å². The maximum Gasteiger partial charge on any atom is 0.266 e. The predicted molar refractivity (Wildman–Crippen MR) is 52.1 cm³/mol. The summed E-state index contributed by atoms with van der Waals surface area (Å²) >= 11 is 5.92. The van der Waals surface area contributed by atoms with Gasteiger partial charge in [0.15, 0.2) is 12.4 Å². The molecule has 1 N–H and O–H groups in total. The van der Waals surface area contributed by atoms with Gasteiger partial charge in [0.2, 0.25) is 0 Å². The van der Waals surface area contributed by atoms with Gasteiger partial charge in [0.25, 0.3) is 5.91 Å². The number of oxime groups is 1. The van der Waals surface area contributed by atoms with Gasteiger partial charge >= 0.3 is 0 Å². The Morgan fingerprint density at radius 2 is 2.21 bits per heavy atom. The normalized spacial score (nSPS) is 15.5. The number of hydrogen-bond acceptors (Lipinski definition) is 3. The van der Waals surface area contributed by atoms with Crippen LogP contribution in [0.2, 0.25) is 5.02 Å². The van der Waals surface area contributed by atoms with Gasteiger partial charge in [-0.2, -0.15) is 0 Å². The number of hydrogen-bond donors (Lipinski definition) is 1. The number of carbonyl (C=O) groups excluding carboxylic acids is 1. The van der Waals surface area contributed by atoms with E-state index in [1.54, 1.807) is 18.2 Å². The molecule has 0 saturated heterocycles. The molecule has 72 valence electrons. The number of amidine groups is 1. The number of nitrogens with one attached hydrogen (secondary N) is 1. The van der Waals surface area contributed by atoms with Gasteiger partial charge in [-0.25, -0.2) is 0 Å². The Kier molecular flexibility index (Phi) is 2.37. The lowest BCUT2D eigenvalue weighted by Crippen LogP contribution is -2.37. The van der Waals surface area contributed by atoms with Crippen LogP contribution in [0.1, 0.15) is 5.56 Å². The van der Waals surface area contributed by atoms with Gasteiger partial charge in [-0.3, -0.25) is 4.79 Å². The van der Waals surface area contributed by atoms with Gasteiger partial charge in [-0.1, -0.05) is 28.9 Å². The third-order valence-electron chi connectivity index (χ3n) is 1.74. The molecule has 14 heavy (non-hydrogen) atoms. The van der Waals surface area contributed by atoms with Crippen molar-refractivity contribution >= 4 is 23.3 Å². The van der Waals surface area contributed by atoms with Crippen molar-refractivity contribution in [3.63, 3.8) is 0 Å². The molecule has 0 aromatic heterocycles. The van der Waals surface area contributed by atoms with E-state index in [1.165, 1.54) is 0 Å². The van der Waals surface area contributed by atoms with Crippen molar-refractivity contribution in [1.82, 2.24) is 5.32 Å². The van der Waals surface area contributed by atoms with E-state index in [-0.39, 0.29) is 12.5 Å². The molecule has 0 aliphatic carbocycles. The summed E-state index contributed by atoms with van der Waals surface area (Å²) in [7, 11) is 0. The fourth-order valence-electron chi connectivity index (χ4n) is 1.12. The predicted octanol–water partition coefficient (Wildman–Crippen LogP) is 1.15. The van der Waals surface area contributed by atoms with E-state index in [9.17, 15) is 4.79 Å². The van der Waals surface area contributed by atoms with Crippen LogP contribution in [0.5, 0.6) is 0 Å². The number of amides is 1. The number of rotatable bonds is 1. The summed E-state index contributed by atoms with van der Waals surface area (Å²) in [6.45, 7) is -0.0477. The SMILES string of the molecule is O=C1CON=C(c2ccccc2Cl)N1. The standard InChI is InChI=1S/C9H7ClN2O2/c10-7-4-2-1-3-6(7)9-11-8(13)5-14-12-9/h1-4H,5H2,(H,11,12,13). The van der Waals surface area contributed by atoms with Crippen molar-refractivity contribution < 1.29 is 9.63 Å². The van der Waals surface area contributed by atoms with Gasteiger partial charge in [0.05, 0.1) is 5.02 Å². The highest BCUT2D eigenvalue weighted by atomic mass is 35.5. The van der Waals surface area contributed by atoms with E-state index in [0.717, 1.165) is 0 Å². The molecule has 0 bridgehead atoms. The quantitative estimate of drug-likeness (QED) is 0.756. The fraction of sp³-hybridized carbons (Fsp3) is 0.111. The van der Waals surface area contributed by atoms with Crippen LogP contribution in [0.3, 0.4) is 0 Å². The number of benzene rings is 1. The van der Waals surface area contributed by atoms with E-state index < -0.39 is 0 Å². The summed E-state index contributed by atoms with van der Waals surface area (Å²) in [4.78, 5) is 15.7. The van der Waals surface area contributed by atoms with E-state index in [2.05, 4.69) is 10.5 Å². The molecule has 0 unspecified atom stereocenters. The second kappa shape index (κ2) is 3.67. The minimum Gasteiger partial charge on any atom is -0.384 e. The molecule has 1 aliphatic rings. The van der Waals surface area contributed by atoms with Gasteiger partial charge in [0.1, 0.15) is 0 Å². The molecule has 0 spiro atoms. The number of nitrogens with zero attached hydrogens (tertiary/aromatic N) is 1. The fourth-order valence-corrected chi connectivity index (χ4v) is 1.34. The smallest absolute Gasteiger partial charge is 0.266 e. The highest BCUT2D eigenvalue weighted by Crippen LogP contribution is 2.15. The van der Waals surface area contributed by atoms with Crippen LogP contribution in [0.4, 0.5) is 0 Å².